The summed E-state index contributed by atoms with van der Waals surface area (Å²) in [6, 6.07) is 7.54. The van der Waals surface area contributed by atoms with Crippen LogP contribution in [0.1, 0.15) is 24.6 Å². The number of nitrogens with zero attached hydrogens (tertiary/aromatic N) is 3. The Morgan fingerprint density at radius 1 is 1.24 bits per heavy atom. The molecule has 9 nitrogen and oxygen atoms in total. The van der Waals surface area contributed by atoms with Gasteiger partial charge in [0, 0.05) is 24.2 Å². The highest BCUT2D eigenvalue weighted by Gasteiger charge is 2.44. The number of amides is 1. The maximum absolute atomic E-state index is 12.4. The van der Waals surface area contributed by atoms with E-state index in [1.807, 2.05) is 24.3 Å². The van der Waals surface area contributed by atoms with Crippen molar-refractivity contribution < 1.29 is 14.1 Å². The van der Waals surface area contributed by atoms with E-state index in [0.29, 0.717) is 29.9 Å². The maximum Gasteiger partial charge on any atom is 0.261 e. The minimum Gasteiger partial charge on any atom is -0.496 e. The number of rotatable bonds is 4. The van der Waals surface area contributed by atoms with Gasteiger partial charge in [-0.2, -0.15) is 4.98 Å². The van der Waals surface area contributed by atoms with Gasteiger partial charge in [-0.3, -0.25) is 9.80 Å². The highest BCUT2D eigenvalue weighted by Crippen LogP contribution is 2.35. The van der Waals surface area contributed by atoms with Crippen molar-refractivity contribution >= 4 is 5.91 Å². The first-order valence-electron chi connectivity index (χ1n) is 9.97. The first-order chi connectivity index (χ1) is 14.2. The van der Waals surface area contributed by atoms with Gasteiger partial charge in [-0.05, 0) is 38.1 Å². The fraction of sp³-hybridized carbons (Fsp3) is 0.450. The number of hydrogen-bond acceptors (Lipinski definition) is 8. The number of carbonyl (C=O) groups is 1. The molecule has 29 heavy (non-hydrogen) atoms. The van der Waals surface area contributed by atoms with Gasteiger partial charge in [0.05, 0.1) is 18.6 Å². The molecule has 0 bridgehead atoms. The zero-order valence-electron chi connectivity index (χ0n) is 16.2. The molecule has 1 aromatic carbocycles. The Hall–Kier alpha value is -2.91. The molecule has 3 aliphatic rings. The Morgan fingerprint density at radius 2 is 2.07 bits per heavy atom. The van der Waals surface area contributed by atoms with Crippen molar-refractivity contribution in [1.82, 2.24) is 31.2 Å². The summed E-state index contributed by atoms with van der Waals surface area (Å²) < 4.78 is 10.9. The summed E-state index contributed by atoms with van der Waals surface area (Å²) in [7, 11) is 1.61. The quantitative estimate of drug-likeness (QED) is 0.703. The monoisotopic (exact) mass is 396 g/mol. The van der Waals surface area contributed by atoms with Crippen molar-refractivity contribution in [2.24, 2.45) is 5.92 Å². The van der Waals surface area contributed by atoms with Crippen molar-refractivity contribution in [2.45, 2.75) is 24.9 Å². The van der Waals surface area contributed by atoms with Crippen LogP contribution in [0, 0.1) is 5.92 Å². The van der Waals surface area contributed by atoms with E-state index in [9.17, 15) is 4.79 Å². The number of methoxy groups -OCH3 is 1. The molecule has 3 aliphatic heterocycles. The summed E-state index contributed by atoms with van der Waals surface area (Å²) in [4.78, 5) is 17.0. The lowest BCUT2D eigenvalue weighted by molar-refractivity contribution is -0.119. The van der Waals surface area contributed by atoms with Crippen molar-refractivity contribution in [3.63, 3.8) is 0 Å². The van der Waals surface area contributed by atoms with Crippen LogP contribution in [0.4, 0.5) is 0 Å². The second-order valence-electron chi connectivity index (χ2n) is 7.54. The molecule has 1 aromatic heterocycles. The van der Waals surface area contributed by atoms with Gasteiger partial charge < -0.3 is 19.9 Å². The lowest BCUT2D eigenvalue weighted by Gasteiger charge is -2.38. The van der Waals surface area contributed by atoms with Gasteiger partial charge in [0.25, 0.3) is 5.89 Å². The van der Waals surface area contributed by atoms with E-state index < -0.39 is 0 Å². The Morgan fingerprint density at radius 3 is 2.90 bits per heavy atom. The molecule has 2 aromatic rings. The van der Waals surface area contributed by atoms with Gasteiger partial charge in [0.1, 0.15) is 11.9 Å². The molecule has 1 amide bonds. The van der Waals surface area contributed by atoms with Crippen LogP contribution in [0.3, 0.4) is 0 Å². The number of fused-ring (bicyclic) bond motifs is 1. The highest BCUT2D eigenvalue weighted by atomic mass is 16.5. The van der Waals surface area contributed by atoms with Gasteiger partial charge in [-0.1, -0.05) is 17.3 Å². The summed E-state index contributed by atoms with van der Waals surface area (Å²) >= 11 is 0. The van der Waals surface area contributed by atoms with Crippen molar-refractivity contribution in [3.05, 3.63) is 41.9 Å². The topological polar surface area (TPSA) is 105 Å². The number of para-hydroxylation sites is 1. The van der Waals surface area contributed by atoms with Crippen LogP contribution >= 0.6 is 0 Å². The molecule has 2 saturated heterocycles. The zero-order chi connectivity index (χ0) is 19.8. The lowest BCUT2D eigenvalue weighted by Crippen LogP contribution is -2.54. The van der Waals surface area contributed by atoms with Crippen LogP contribution in [0.5, 0.6) is 5.75 Å². The summed E-state index contributed by atoms with van der Waals surface area (Å²) in [6.45, 7) is 2.56. The van der Waals surface area contributed by atoms with Crippen molar-refractivity contribution in [2.75, 3.05) is 26.7 Å². The standard InChI is InChI=1S/C20H24N6O3/c1-28-16-5-3-2-4-13(16)20-24-18(25-29-20)14-11-22-26-15(10-17(27)23-19(14)26)12-6-8-21-9-7-12/h2-5,10,12,14,19,21-22H,6-9,11H2,1H3,(H,23,27). The van der Waals surface area contributed by atoms with E-state index in [4.69, 9.17) is 9.26 Å². The normalized spacial score (nSPS) is 24.8. The Labute approximate surface area is 168 Å². The number of ether oxygens (including phenoxy) is 1. The van der Waals surface area contributed by atoms with Crippen LogP contribution < -0.4 is 20.8 Å². The number of piperidine rings is 1. The SMILES string of the molecule is COc1ccccc1-c1nc(C2CNN3C(C4CCNCC4)=CC(=O)NC23)no1. The van der Waals surface area contributed by atoms with E-state index in [2.05, 4.69) is 31.2 Å². The zero-order valence-corrected chi connectivity index (χ0v) is 16.2. The van der Waals surface area contributed by atoms with Crippen LogP contribution in [-0.2, 0) is 4.79 Å². The summed E-state index contributed by atoms with van der Waals surface area (Å²) in [5.74, 6) is 1.84. The maximum atomic E-state index is 12.4. The Balaban J connectivity index is 1.40. The van der Waals surface area contributed by atoms with Gasteiger partial charge >= 0.3 is 0 Å². The second-order valence-corrected chi connectivity index (χ2v) is 7.54. The molecule has 0 spiro atoms. The number of benzene rings is 1. The molecule has 5 rings (SSSR count). The van der Waals surface area contributed by atoms with Gasteiger partial charge in [0.15, 0.2) is 5.82 Å². The minimum atomic E-state index is -0.236. The minimum absolute atomic E-state index is 0.0677. The summed E-state index contributed by atoms with van der Waals surface area (Å²) in [5, 5.41) is 12.7. The predicted octanol–water partition coefficient (Wildman–Crippen LogP) is 0.988. The van der Waals surface area contributed by atoms with Crippen LogP contribution in [0.15, 0.2) is 40.6 Å². The van der Waals surface area contributed by atoms with Crippen LogP contribution in [-0.4, -0.2) is 54.0 Å². The number of hydrogen-bond donors (Lipinski definition) is 3. The van der Waals surface area contributed by atoms with E-state index in [0.717, 1.165) is 37.2 Å². The van der Waals surface area contributed by atoms with Gasteiger partial charge in [-0.25, -0.2) is 5.43 Å². The Kier molecular flexibility index (Phi) is 4.69. The molecule has 152 valence electrons. The van der Waals surface area contributed by atoms with Crippen LogP contribution in [0.25, 0.3) is 11.5 Å². The number of carbonyl (C=O) groups excluding carboxylic acids is 1. The van der Waals surface area contributed by atoms with E-state index in [-0.39, 0.29) is 18.0 Å². The molecular formula is C20H24N6O3. The molecular weight excluding hydrogens is 372 g/mol. The third-order valence-electron chi connectivity index (χ3n) is 5.86. The number of allylic oxidation sites excluding steroid dienone is 1. The van der Waals surface area contributed by atoms with E-state index >= 15 is 0 Å². The molecule has 0 aliphatic carbocycles. The molecule has 0 radical (unpaired) electrons. The van der Waals surface area contributed by atoms with Crippen LogP contribution in [0.2, 0.25) is 0 Å². The third kappa shape index (κ3) is 3.26. The lowest BCUT2D eigenvalue weighted by atomic mass is 9.92. The van der Waals surface area contributed by atoms with E-state index in [1.165, 1.54) is 0 Å². The fourth-order valence-electron chi connectivity index (χ4n) is 4.38. The fourth-order valence-corrected chi connectivity index (χ4v) is 4.38. The molecule has 3 N–H and O–H groups in total. The Bertz CT molecular complexity index is 936. The van der Waals surface area contributed by atoms with Crippen molar-refractivity contribution in [3.8, 4) is 17.2 Å². The average Bonchev–Trinajstić information content (AvgIpc) is 3.40. The van der Waals surface area contributed by atoms with Gasteiger partial charge in [0.2, 0.25) is 5.91 Å². The number of nitrogens with one attached hydrogen (secondary N) is 3. The third-order valence-corrected chi connectivity index (χ3v) is 5.86. The molecule has 4 heterocycles. The molecule has 9 heteroatoms. The molecule has 2 fully saturated rings. The van der Waals surface area contributed by atoms with E-state index in [1.54, 1.807) is 13.2 Å². The largest absolute Gasteiger partial charge is 0.496 e. The first kappa shape index (κ1) is 18.1. The second kappa shape index (κ2) is 7.49. The number of aromatic nitrogens is 2. The molecule has 0 saturated carbocycles. The first-order valence-corrected chi connectivity index (χ1v) is 9.97. The summed E-state index contributed by atoms with van der Waals surface area (Å²) in [6.07, 6.45) is 3.53. The smallest absolute Gasteiger partial charge is 0.261 e. The summed E-state index contributed by atoms with van der Waals surface area (Å²) in [5.41, 5.74) is 5.23. The van der Waals surface area contributed by atoms with Crippen molar-refractivity contribution in [1.29, 1.82) is 0 Å². The highest BCUT2D eigenvalue weighted by molar-refractivity contribution is 5.89. The molecule has 2 unspecified atom stereocenters. The molecule has 2 atom stereocenters. The van der Waals surface area contributed by atoms with Gasteiger partial charge in [-0.15, -0.1) is 0 Å². The number of hydrazine groups is 1. The predicted molar refractivity (Wildman–Crippen MR) is 104 cm³/mol. The average molecular weight is 396 g/mol.